The van der Waals surface area contributed by atoms with E-state index < -0.39 is 0 Å². The van der Waals surface area contributed by atoms with Crippen molar-refractivity contribution in [3.8, 4) is 0 Å². The lowest BCUT2D eigenvalue weighted by Crippen LogP contribution is -2.33. The Morgan fingerprint density at radius 1 is 0.524 bits per heavy atom. The summed E-state index contributed by atoms with van der Waals surface area (Å²) in [7, 11) is 0. The van der Waals surface area contributed by atoms with Gasteiger partial charge in [0, 0.05) is 12.7 Å². The number of unbranched alkanes of at least 4 members (excludes halogenated alkanes) is 18. The number of aliphatic hydroxyl groups is 1. The maximum atomic E-state index is 9.13. The average Bonchev–Trinajstić information content (AvgIpc) is 2.99. The molecule has 0 radical (unpaired) electrons. The van der Waals surface area contributed by atoms with Crippen LogP contribution in [0.1, 0.15) is 188 Å². The first-order chi connectivity index (χ1) is 20.6. The van der Waals surface area contributed by atoms with E-state index in [4.69, 9.17) is 16.7 Å². The van der Waals surface area contributed by atoms with Gasteiger partial charge >= 0.3 is 0 Å². The van der Waals surface area contributed by atoms with Crippen LogP contribution in [0, 0.1) is 5.92 Å². The first-order valence-electron chi connectivity index (χ1n) is 18.9. The molecular weight excluding hydrogens is 516 g/mol. The van der Waals surface area contributed by atoms with Crippen LogP contribution < -0.4 is 11.6 Å². The Bertz CT molecular complexity index is 556. The van der Waals surface area contributed by atoms with Crippen molar-refractivity contribution in [3.05, 3.63) is 11.9 Å². The molecule has 0 aliphatic heterocycles. The van der Waals surface area contributed by atoms with Gasteiger partial charge in [0.1, 0.15) is 0 Å². The predicted molar refractivity (Wildman–Crippen MR) is 187 cm³/mol. The Kier molecular flexibility index (Phi) is 32.5. The van der Waals surface area contributed by atoms with E-state index in [-0.39, 0.29) is 6.61 Å². The summed E-state index contributed by atoms with van der Waals surface area (Å²) in [4.78, 5) is 2.68. The van der Waals surface area contributed by atoms with Crippen molar-refractivity contribution in [2.24, 2.45) is 17.5 Å². The third kappa shape index (κ3) is 29.3. The van der Waals surface area contributed by atoms with Gasteiger partial charge in [-0.2, -0.15) is 0 Å². The summed E-state index contributed by atoms with van der Waals surface area (Å²) in [6.45, 7) is 11.1. The molecule has 0 aromatic carbocycles. The van der Waals surface area contributed by atoms with E-state index in [1.54, 1.807) is 11.2 Å². The first-order valence-corrected chi connectivity index (χ1v) is 18.9. The number of rotatable bonds is 34. The van der Waals surface area contributed by atoms with Gasteiger partial charge in [0.25, 0.3) is 0 Å². The molecule has 0 rings (SSSR count). The summed E-state index contributed by atoms with van der Waals surface area (Å²) in [5.41, 5.74) is 6.14. The number of aliphatic hydroxyl groups excluding tert-OH is 1. The van der Waals surface area contributed by atoms with E-state index in [2.05, 4.69) is 25.7 Å². The molecule has 42 heavy (non-hydrogen) atoms. The zero-order chi connectivity index (χ0) is 30.9. The molecule has 0 fully saturated rings. The molecule has 5 heteroatoms. The first kappa shape index (κ1) is 41.2. The minimum atomic E-state index is -0.142. The van der Waals surface area contributed by atoms with Crippen LogP contribution in [-0.2, 0) is 0 Å². The van der Waals surface area contributed by atoms with Crippen LogP contribution in [0.2, 0.25) is 0 Å². The van der Waals surface area contributed by atoms with Crippen LogP contribution in [0.3, 0.4) is 0 Å². The highest BCUT2D eigenvalue weighted by Crippen LogP contribution is 2.23. The molecule has 1 atom stereocenters. The van der Waals surface area contributed by atoms with E-state index >= 15 is 0 Å². The van der Waals surface area contributed by atoms with Gasteiger partial charge in [-0.15, -0.1) is 0 Å². The molecule has 0 spiro atoms. The lowest BCUT2D eigenvalue weighted by atomic mass is 9.90. The van der Waals surface area contributed by atoms with Crippen molar-refractivity contribution >= 4 is 0 Å². The van der Waals surface area contributed by atoms with Gasteiger partial charge in [-0.1, -0.05) is 168 Å². The second-order valence-corrected chi connectivity index (χ2v) is 13.2. The molecule has 0 saturated carbocycles. The molecule has 5 nitrogen and oxygen atoms in total. The van der Waals surface area contributed by atoms with Gasteiger partial charge in [0.15, 0.2) is 0 Å². The number of nitrogens with zero attached hydrogens (tertiary/aromatic N) is 2. The molecule has 0 heterocycles. The lowest BCUT2D eigenvalue weighted by molar-refractivity contribution is 0.241. The quantitative estimate of drug-likeness (QED) is 0.0392. The fourth-order valence-electron chi connectivity index (χ4n) is 6.21. The van der Waals surface area contributed by atoms with Gasteiger partial charge in [-0.25, -0.2) is 5.84 Å². The van der Waals surface area contributed by atoms with Crippen LogP contribution in [0.25, 0.3) is 0 Å². The van der Waals surface area contributed by atoms with Gasteiger partial charge < -0.3 is 20.7 Å². The van der Waals surface area contributed by atoms with Gasteiger partial charge in [-0.3, -0.25) is 0 Å². The summed E-state index contributed by atoms with van der Waals surface area (Å²) in [6, 6.07) is 0. The number of hydrazine groups is 1. The van der Waals surface area contributed by atoms with Crippen molar-refractivity contribution in [1.82, 2.24) is 9.91 Å². The molecular formula is C37H78N4O. The minimum absolute atomic E-state index is 0.142. The van der Waals surface area contributed by atoms with Crippen LogP contribution >= 0.6 is 0 Å². The van der Waals surface area contributed by atoms with E-state index in [9.17, 15) is 0 Å². The number of nitrogens with two attached hydrogens (primary N) is 2. The van der Waals surface area contributed by atoms with Crippen molar-refractivity contribution in [3.63, 3.8) is 0 Å². The van der Waals surface area contributed by atoms with E-state index in [0.29, 0.717) is 5.70 Å². The summed E-state index contributed by atoms with van der Waals surface area (Å²) in [5, 5.41) is 10.8. The topological polar surface area (TPSA) is 78.8 Å². The highest BCUT2D eigenvalue weighted by atomic mass is 16.3. The van der Waals surface area contributed by atoms with Gasteiger partial charge in [0.05, 0.1) is 12.3 Å². The molecule has 5 N–H and O–H groups in total. The normalized spacial score (nSPS) is 12.9. The molecule has 0 aromatic rings. The van der Waals surface area contributed by atoms with Crippen molar-refractivity contribution in [2.75, 3.05) is 32.8 Å². The van der Waals surface area contributed by atoms with Crippen LogP contribution in [0.5, 0.6) is 0 Å². The highest BCUT2D eigenvalue weighted by molar-refractivity contribution is 4.94. The Balaban J connectivity index is 4.22. The second kappa shape index (κ2) is 33.1. The predicted octanol–water partition coefficient (Wildman–Crippen LogP) is 10.1. The van der Waals surface area contributed by atoms with E-state index in [1.807, 2.05) is 0 Å². The fourth-order valence-corrected chi connectivity index (χ4v) is 6.21. The monoisotopic (exact) mass is 595 g/mol. The average molecular weight is 595 g/mol. The molecule has 0 saturated heterocycles. The van der Waals surface area contributed by atoms with Crippen LogP contribution in [0.4, 0.5) is 0 Å². The van der Waals surface area contributed by atoms with Crippen LogP contribution in [-0.4, -0.2) is 47.8 Å². The van der Waals surface area contributed by atoms with Gasteiger partial charge in [0.2, 0.25) is 0 Å². The molecule has 0 aliphatic rings. The fraction of sp³-hybridized carbons (Fsp3) is 0.946. The second-order valence-electron chi connectivity index (χ2n) is 13.2. The van der Waals surface area contributed by atoms with Crippen LogP contribution in [0.15, 0.2) is 11.9 Å². The Morgan fingerprint density at radius 2 is 0.905 bits per heavy atom. The van der Waals surface area contributed by atoms with Gasteiger partial charge in [-0.05, 0) is 44.8 Å². The third-order valence-electron chi connectivity index (χ3n) is 9.00. The molecule has 0 aliphatic carbocycles. The summed E-state index contributed by atoms with van der Waals surface area (Å²) in [5.74, 6) is 7.03. The zero-order valence-corrected chi connectivity index (χ0v) is 29.1. The highest BCUT2D eigenvalue weighted by Gasteiger charge is 2.09. The maximum absolute atomic E-state index is 9.13. The molecule has 1 unspecified atom stereocenters. The molecule has 0 bridgehead atoms. The molecule has 252 valence electrons. The third-order valence-corrected chi connectivity index (χ3v) is 9.00. The molecule has 0 aromatic heterocycles. The smallest absolute Gasteiger partial charge is 0.0840 e. The standard InChI is InChI=1S/C37H78N4O/c1-4-7-10-11-12-13-14-15-16-17-20-24-30-40(32-26-33-41(39)34-37(38)35-42)31-25-21-18-19-23-29-36(27-9-6-3)28-22-8-5-2/h34,36,42H,4-33,35,38-39H2,1-3H3/b37-34-. The Hall–Kier alpha value is -0.780. The van der Waals surface area contributed by atoms with Crippen molar-refractivity contribution in [2.45, 2.75) is 188 Å². The van der Waals surface area contributed by atoms with Crippen molar-refractivity contribution in [1.29, 1.82) is 0 Å². The van der Waals surface area contributed by atoms with E-state index in [1.165, 1.54) is 174 Å². The van der Waals surface area contributed by atoms with E-state index in [0.717, 1.165) is 25.4 Å². The minimum Gasteiger partial charge on any atom is -0.399 e. The lowest BCUT2D eigenvalue weighted by Gasteiger charge is -2.24. The van der Waals surface area contributed by atoms with Crippen molar-refractivity contribution < 1.29 is 5.11 Å². The number of hydrogen-bond acceptors (Lipinski definition) is 5. The SMILES string of the molecule is CCCCCCCCCCCCCCN(CCCCCCCC(CCCC)CCCCC)CCCN(N)/C=C(\N)CO. The Morgan fingerprint density at radius 3 is 1.40 bits per heavy atom. The molecule has 0 amide bonds. The summed E-state index contributed by atoms with van der Waals surface area (Å²) >= 11 is 0. The summed E-state index contributed by atoms with van der Waals surface area (Å²) in [6.07, 6.45) is 37.8. The summed E-state index contributed by atoms with van der Waals surface area (Å²) < 4.78 is 0. The maximum Gasteiger partial charge on any atom is 0.0840 e. The largest absolute Gasteiger partial charge is 0.399 e. The zero-order valence-electron chi connectivity index (χ0n) is 29.1. The Labute approximate surface area is 264 Å². The number of hydrogen-bond donors (Lipinski definition) is 3.